The van der Waals surface area contributed by atoms with Crippen molar-refractivity contribution in [1.82, 2.24) is 4.98 Å². The van der Waals surface area contributed by atoms with Crippen LogP contribution in [0.5, 0.6) is 5.75 Å². The SMILES string of the molecule is CC.CC(C)(C)COc1c(F)cccc1F.CC(C)(C)OCc1cncs1. The molecule has 0 unspecified atom stereocenters. The van der Waals surface area contributed by atoms with Gasteiger partial charge in [-0.25, -0.2) is 8.78 Å². The third kappa shape index (κ3) is 12.5. The molecule has 0 aliphatic carbocycles. The molecule has 2 aromatic rings. The Bertz CT molecular complexity index is 612. The second kappa shape index (κ2) is 12.0. The topological polar surface area (TPSA) is 31.4 Å². The molecule has 0 atom stereocenters. The van der Waals surface area contributed by atoms with Crippen LogP contribution in [0.25, 0.3) is 0 Å². The quantitative estimate of drug-likeness (QED) is 0.560. The molecule has 1 heterocycles. The molecule has 0 aliphatic heterocycles. The second-order valence-corrected chi connectivity index (χ2v) is 8.74. The first-order valence-corrected chi connectivity index (χ1v) is 9.94. The molecule has 2 rings (SSSR count). The molecule has 154 valence electrons. The molecule has 0 saturated heterocycles. The monoisotopic (exact) mass is 401 g/mol. The molecule has 0 radical (unpaired) electrons. The molecule has 0 N–H and O–H groups in total. The van der Waals surface area contributed by atoms with Gasteiger partial charge in [-0.15, -0.1) is 11.3 Å². The minimum absolute atomic E-state index is 0.0516. The summed E-state index contributed by atoms with van der Waals surface area (Å²) in [5.41, 5.74) is 1.65. The predicted molar refractivity (Wildman–Crippen MR) is 109 cm³/mol. The van der Waals surface area contributed by atoms with Gasteiger partial charge < -0.3 is 9.47 Å². The summed E-state index contributed by atoms with van der Waals surface area (Å²) in [6, 6.07) is 3.68. The Labute approximate surface area is 166 Å². The first-order chi connectivity index (χ1) is 12.5. The van der Waals surface area contributed by atoms with E-state index in [4.69, 9.17) is 9.47 Å². The average Bonchev–Trinajstić information content (AvgIpc) is 3.07. The molecule has 0 fully saturated rings. The van der Waals surface area contributed by atoms with E-state index < -0.39 is 11.6 Å². The zero-order valence-corrected chi connectivity index (χ0v) is 18.5. The van der Waals surface area contributed by atoms with Crippen LogP contribution in [-0.4, -0.2) is 17.2 Å². The van der Waals surface area contributed by atoms with Gasteiger partial charge in [0.25, 0.3) is 0 Å². The molecular weight excluding hydrogens is 368 g/mol. The molecule has 0 amide bonds. The lowest BCUT2D eigenvalue weighted by atomic mass is 9.99. The van der Waals surface area contributed by atoms with E-state index in [9.17, 15) is 8.78 Å². The molecule has 1 aromatic carbocycles. The maximum Gasteiger partial charge on any atom is 0.190 e. The number of thiazole rings is 1. The van der Waals surface area contributed by atoms with Gasteiger partial charge in [-0.1, -0.05) is 40.7 Å². The van der Waals surface area contributed by atoms with Gasteiger partial charge in [-0.2, -0.15) is 0 Å². The van der Waals surface area contributed by atoms with Crippen molar-refractivity contribution in [1.29, 1.82) is 0 Å². The van der Waals surface area contributed by atoms with E-state index in [0.29, 0.717) is 6.61 Å². The molecule has 0 bridgehead atoms. The van der Waals surface area contributed by atoms with Crippen LogP contribution in [0.4, 0.5) is 8.78 Å². The highest BCUT2D eigenvalue weighted by molar-refractivity contribution is 7.09. The fourth-order valence-corrected chi connectivity index (χ4v) is 2.02. The van der Waals surface area contributed by atoms with Crippen molar-refractivity contribution in [2.24, 2.45) is 5.41 Å². The number of ether oxygens (including phenoxy) is 2. The number of aromatic nitrogens is 1. The summed E-state index contributed by atoms with van der Waals surface area (Å²) < 4.78 is 36.7. The molecule has 3 nitrogen and oxygen atoms in total. The maximum absolute atomic E-state index is 13.1. The fourth-order valence-electron chi connectivity index (χ4n) is 1.51. The molecule has 1 aromatic heterocycles. The molecule has 0 aliphatic rings. The standard InChI is InChI=1S/C11H14F2O.C8H13NOS.C2H6/c1-11(2,3)7-14-10-8(12)5-4-6-9(10)13;1-8(2,3)10-5-7-4-9-6-11-7;1-2/h4-6H,7H2,1-3H3;4,6H,5H2,1-3H3;1-2H3. The Morgan fingerprint density at radius 2 is 1.56 bits per heavy atom. The van der Waals surface area contributed by atoms with Gasteiger partial charge in [0.15, 0.2) is 17.4 Å². The van der Waals surface area contributed by atoms with Crippen LogP contribution in [0.3, 0.4) is 0 Å². The number of para-hydroxylation sites is 1. The van der Waals surface area contributed by atoms with E-state index >= 15 is 0 Å². The third-order valence-electron chi connectivity index (χ3n) is 2.70. The lowest BCUT2D eigenvalue weighted by molar-refractivity contribution is -0.0137. The van der Waals surface area contributed by atoms with Crippen LogP contribution in [0, 0.1) is 17.0 Å². The van der Waals surface area contributed by atoms with Crippen molar-refractivity contribution in [3.63, 3.8) is 0 Å². The lowest BCUT2D eigenvalue weighted by Gasteiger charge is -2.19. The highest BCUT2D eigenvalue weighted by Gasteiger charge is 2.15. The van der Waals surface area contributed by atoms with Crippen molar-refractivity contribution >= 4 is 11.3 Å². The van der Waals surface area contributed by atoms with Crippen molar-refractivity contribution in [3.8, 4) is 5.75 Å². The Kier molecular flexibility index (Phi) is 11.4. The molecule has 0 saturated carbocycles. The van der Waals surface area contributed by atoms with Gasteiger partial charge in [-0.3, -0.25) is 4.98 Å². The maximum atomic E-state index is 13.1. The van der Waals surface area contributed by atoms with Gasteiger partial charge in [0.2, 0.25) is 0 Å². The van der Waals surface area contributed by atoms with E-state index in [-0.39, 0.29) is 23.4 Å². The number of benzene rings is 1. The highest BCUT2D eigenvalue weighted by atomic mass is 32.1. The van der Waals surface area contributed by atoms with Gasteiger partial charge in [0, 0.05) is 6.20 Å². The van der Waals surface area contributed by atoms with Gasteiger partial charge in [-0.05, 0) is 38.3 Å². The van der Waals surface area contributed by atoms with Crippen LogP contribution < -0.4 is 4.74 Å². The van der Waals surface area contributed by atoms with Crippen LogP contribution in [0.15, 0.2) is 29.9 Å². The first-order valence-electron chi connectivity index (χ1n) is 9.06. The number of hydrogen-bond donors (Lipinski definition) is 0. The third-order valence-corrected chi connectivity index (χ3v) is 3.45. The van der Waals surface area contributed by atoms with Crippen molar-refractivity contribution in [3.05, 3.63) is 46.4 Å². The summed E-state index contributed by atoms with van der Waals surface area (Å²) in [6.07, 6.45) is 1.84. The predicted octanol–water partition coefficient (Wildman–Crippen LogP) is 6.87. The van der Waals surface area contributed by atoms with Crippen LogP contribution in [0.2, 0.25) is 0 Å². The van der Waals surface area contributed by atoms with Crippen molar-refractivity contribution in [2.75, 3.05) is 6.61 Å². The van der Waals surface area contributed by atoms with E-state index in [1.807, 2.05) is 67.1 Å². The van der Waals surface area contributed by atoms with Gasteiger partial charge in [0.1, 0.15) is 0 Å². The molecular formula is C21H33F2NO2S. The zero-order valence-electron chi connectivity index (χ0n) is 17.7. The van der Waals surface area contributed by atoms with Crippen molar-refractivity contribution < 1.29 is 18.3 Å². The van der Waals surface area contributed by atoms with Gasteiger partial charge in [0.05, 0.1) is 29.2 Å². The summed E-state index contributed by atoms with van der Waals surface area (Å²) in [5.74, 6) is -1.61. The normalized spacial score (nSPS) is 11.0. The first kappa shape index (κ1) is 25.5. The highest BCUT2D eigenvalue weighted by Crippen LogP contribution is 2.23. The molecule has 6 heteroatoms. The van der Waals surface area contributed by atoms with E-state index in [2.05, 4.69) is 4.98 Å². The van der Waals surface area contributed by atoms with E-state index in [1.165, 1.54) is 23.1 Å². The second-order valence-electron chi connectivity index (χ2n) is 7.77. The average molecular weight is 402 g/mol. The lowest BCUT2D eigenvalue weighted by Crippen LogP contribution is -2.18. The van der Waals surface area contributed by atoms with Gasteiger partial charge >= 0.3 is 0 Å². The van der Waals surface area contributed by atoms with Crippen LogP contribution >= 0.6 is 11.3 Å². The minimum atomic E-state index is -0.658. The van der Waals surface area contributed by atoms with E-state index in [0.717, 1.165) is 0 Å². The van der Waals surface area contributed by atoms with Crippen molar-refractivity contribution in [2.45, 2.75) is 67.6 Å². The summed E-state index contributed by atoms with van der Waals surface area (Å²) in [4.78, 5) is 5.14. The smallest absolute Gasteiger partial charge is 0.190 e. The summed E-state index contributed by atoms with van der Waals surface area (Å²) in [7, 11) is 0. The number of halogens is 2. The van der Waals surface area contributed by atoms with Crippen LogP contribution in [0.1, 0.15) is 60.3 Å². The Hall–Kier alpha value is -1.53. The summed E-state index contributed by atoms with van der Waals surface area (Å²) >= 11 is 1.63. The summed E-state index contributed by atoms with van der Waals surface area (Å²) in [5, 5.41) is 0. The molecule has 0 spiro atoms. The largest absolute Gasteiger partial charge is 0.487 e. The number of nitrogens with zero attached hydrogens (tertiary/aromatic N) is 1. The summed E-state index contributed by atoms with van der Waals surface area (Å²) in [6.45, 7) is 16.9. The van der Waals surface area contributed by atoms with Crippen LogP contribution in [-0.2, 0) is 11.3 Å². The fraction of sp³-hybridized carbons (Fsp3) is 0.571. The van der Waals surface area contributed by atoms with E-state index in [1.54, 1.807) is 11.3 Å². The Balaban J connectivity index is 0.000000469. The number of hydrogen-bond acceptors (Lipinski definition) is 4. The molecule has 27 heavy (non-hydrogen) atoms. The zero-order chi connectivity index (χ0) is 21.1. The number of rotatable bonds is 4. The Morgan fingerprint density at radius 1 is 1.00 bits per heavy atom. The minimum Gasteiger partial charge on any atom is -0.487 e. The Morgan fingerprint density at radius 3 is 1.96 bits per heavy atom.